The molecule has 0 spiro atoms. The van der Waals surface area contributed by atoms with E-state index in [1.165, 1.54) is 32.4 Å². The van der Waals surface area contributed by atoms with E-state index in [1.807, 2.05) is 0 Å². The van der Waals surface area contributed by atoms with E-state index in [4.69, 9.17) is 13.9 Å². The van der Waals surface area contributed by atoms with Crippen LogP contribution >= 0.6 is 0 Å². The van der Waals surface area contributed by atoms with Gasteiger partial charge in [0.25, 0.3) is 0 Å². The number of amides is 1. The zero-order chi connectivity index (χ0) is 18.9. The molecule has 0 aliphatic heterocycles. The molecule has 3 rings (SSSR count). The molecule has 6 nitrogen and oxygen atoms in total. The second kappa shape index (κ2) is 6.58. The number of oxazole rings is 1. The molecule has 0 unspecified atom stereocenters. The highest BCUT2D eigenvalue weighted by atomic mass is 19.4. The predicted molar refractivity (Wildman–Crippen MR) is 87.2 cm³/mol. The summed E-state index contributed by atoms with van der Waals surface area (Å²) in [6, 6.07) is 9.06. The van der Waals surface area contributed by atoms with Gasteiger partial charge in [0.2, 0.25) is 5.89 Å². The van der Waals surface area contributed by atoms with Crippen LogP contribution in [-0.4, -0.2) is 31.3 Å². The van der Waals surface area contributed by atoms with E-state index < -0.39 is 12.1 Å². The van der Waals surface area contributed by atoms with Crippen LogP contribution < -0.4 is 14.8 Å². The van der Waals surface area contributed by atoms with Gasteiger partial charge in [-0.3, -0.25) is 4.79 Å². The number of benzene rings is 2. The summed E-state index contributed by atoms with van der Waals surface area (Å²) in [6.45, 7) is 0. The first-order chi connectivity index (χ1) is 12.3. The van der Waals surface area contributed by atoms with Crippen LogP contribution in [0.1, 0.15) is 0 Å². The number of hydrogen-bond acceptors (Lipinski definition) is 5. The molecule has 0 radical (unpaired) electrons. The molecular weight excluding hydrogens is 353 g/mol. The Labute approximate surface area is 145 Å². The largest absolute Gasteiger partial charge is 0.497 e. The molecule has 0 aliphatic carbocycles. The Morgan fingerprint density at radius 2 is 1.73 bits per heavy atom. The highest BCUT2D eigenvalue weighted by Crippen LogP contribution is 2.32. The fraction of sp³-hybridized carbons (Fsp3) is 0.176. The Kier molecular flexibility index (Phi) is 4.45. The maximum atomic E-state index is 12.3. The van der Waals surface area contributed by atoms with Gasteiger partial charge < -0.3 is 19.2 Å². The Bertz CT molecular complexity index is 944. The lowest BCUT2D eigenvalue weighted by Crippen LogP contribution is -2.29. The third-order valence-corrected chi connectivity index (χ3v) is 3.50. The number of nitrogens with one attached hydrogen (secondary N) is 1. The molecule has 3 aromatic rings. The van der Waals surface area contributed by atoms with Crippen LogP contribution in [0.5, 0.6) is 11.5 Å². The van der Waals surface area contributed by atoms with E-state index in [0.717, 1.165) is 0 Å². The summed E-state index contributed by atoms with van der Waals surface area (Å²) in [4.78, 5) is 15.3. The minimum Gasteiger partial charge on any atom is -0.497 e. The van der Waals surface area contributed by atoms with Crippen LogP contribution in [-0.2, 0) is 4.79 Å². The second-order valence-corrected chi connectivity index (χ2v) is 5.25. The number of nitrogens with zero attached hydrogens (tertiary/aromatic N) is 1. The first-order valence-corrected chi connectivity index (χ1v) is 7.32. The van der Waals surface area contributed by atoms with Gasteiger partial charge in [-0.15, -0.1) is 0 Å². The van der Waals surface area contributed by atoms with E-state index in [-0.39, 0.29) is 11.6 Å². The number of fused-ring (bicyclic) bond motifs is 1. The van der Waals surface area contributed by atoms with Crippen LogP contribution in [0.2, 0.25) is 0 Å². The number of ether oxygens (including phenoxy) is 2. The SMILES string of the molecule is COc1cc(OC)cc(-c2nc3cc(NC(=O)C(F)(F)F)ccc3o2)c1. The molecule has 9 heteroatoms. The van der Waals surface area contributed by atoms with E-state index in [2.05, 4.69) is 4.98 Å². The molecule has 2 aromatic carbocycles. The summed E-state index contributed by atoms with van der Waals surface area (Å²) in [5.41, 5.74) is 1.18. The summed E-state index contributed by atoms with van der Waals surface area (Å²) in [5.74, 6) is -0.769. The van der Waals surface area contributed by atoms with Crippen LogP contribution in [0.4, 0.5) is 18.9 Å². The normalized spacial score (nSPS) is 11.4. The molecule has 0 fully saturated rings. The Morgan fingerprint density at radius 3 is 2.31 bits per heavy atom. The van der Waals surface area contributed by atoms with E-state index in [1.54, 1.807) is 23.5 Å². The Balaban J connectivity index is 1.96. The van der Waals surface area contributed by atoms with Crippen LogP contribution in [0, 0.1) is 0 Å². The number of rotatable bonds is 4. The predicted octanol–water partition coefficient (Wildman–Crippen LogP) is 4.01. The van der Waals surface area contributed by atoms with Gasteiger partial charge in [-0.05, 0) is 30.3 Å². The quantitative estimate of drug-likeness (QED) is 0.755. The number of anilines is 1. The van der Waals surface area contributed by atoms with Crippen LogP contribution in [0.25, 0.3) is 22.6 Å². The average molecular weight is 366 g/mol. The van der Waals surface area contributed by atoms with Crippen molar-refractivity contribution in [1.82, 2.24) is 4.98 Å². The Hall–Kier alpha value is -3.23. The molecule has 26 heavy (non-hydrogen) atoms. The zero-order valence-electron chi connectivity index (χ0n) is 13.7. The standard InChI is InChI=1S/C17H13F3N2O4/c1-24-11-5-9(6-12(8-11)25-2)15-22-13-7-10(3-4-14(13)26-15)21-16(23)17(18,19)20/h3-8H,1-2H3,(H,21,23). The van der Waals surface area contributed by atoms with Gasteiger partial charge in [-0.2, -0.15) is 13.2 Å². The molecular formula is C17H13F3N2O4. The number of halogens is 3. The molecule has 1 amide bonds. The fourth-order valence-electron chi connectivity index (χ4n) is 2.26. The molecule has 0 saturated carbocycles. The minimum absolute atomic E-state index is 0.0390. The molecule has 0 aliphatic rings. The lowest BCUT2D eigenvalue weighted by molar-refractivity contribution is -0.167. The molecule has 0 atom stereocenters. The number of hydrogen-bond donors (Lipinski definition) is 1. The molecule has 1 N–H and O–H groups in total. The number of aromatic nitrogens is 1. The van der Waals surface area contributed by atoms with Crippen molar-refractivity contribution in [3.8, 4) is 23.0 Å². The number of methoxy groups -OCH3 is 2. The fourth-order valence-corrected chi connectivity index (χ4v) is 2.26. The average Bonchev–Trinajstić information content (AvgIpc) is 3.03. The highest BCUT2D eigenvalue weighted by molar-refractivity contribution is 5.96. The summed E-state index contributed by atoms with van der Waals surface area (Å²) in [7, 11) is 3.00. The molecule has 0 bridgehead atoms. The summed E-state index contributed by atoms with van der Waals surface area (Å²) in [6.07, 6.45) is -4.97. The van der Waals surface area contributed by atoms with Crippen molar-refractivity contribution >= 4 is 22.7 Å². The summed E-state index contributed by atoms with van der Waals surface area (Å²) < 4.78 is 53.0. The van der Waals surface area contributed by atoms with Gasteiger partial charge >= 0.3 is 12.1 Å². The van der Waals surface area contributed by atoms with Crippen molar-refractivity contribution in [2.75, 3.05) is 19.5 Å². The maximum absolute atomic E-state index is 12.3. The first kappa shape index (κ1) is 17.6. The van der Waals surface area contributed by atoms with Crippen molar-refractivity contribution in [2.24, 2.45) is 0 Å². The summed E-state index contributed by atoms with van der Waals surface area (Å²) in [5, 5.41) is 1.77. The van der Waals surface area contributed by atoms with Gasteiger partial charge in [-0.1, -0.05) is 0 Å². The van der Waals surface area contributed by atoms with Gasteiger partial charge in [0, 0.05) is 17.3 Å². The van der Waals surface area contributed by atoms with Crippen molar-refractivity contribution in [2.45, 2.75) is 6.18 Å². The van der Waals surface area contributed by atoms with Gasteiger partial charge in [0.05, 0.1) is 14.2 Å². The summed E-state index contributed by atoms with van der Waals surface area (Å²) >= 11 is 0. The van der Waals surface area contributed by atoms with Crippen LogP contribution in [0.15, 0.2) is 40.8 Å². The maximum Gasteiger partial charge on any atom is 0.471 e. The smallest absolute Gasteiger partial charge is 0.471 e. The topological polar surface area (TPSA) is 73.6 Å². The third-order valence-electron chi connectivity index (χ3n) is 3.50. The van der Waals surface area contributed by atoms with Gasteiger partial charge in [-0.25, -0.2) is 4.98 Å². The monoisotopic (exact) mass is 366 g/mol. The van der Waals surface area contributed by atoms with Crippen molar-refractivity contribution in [3.05, 3.63) is 36.4 Å². The Morgan fingerprint density at radius 1 is 1.08 bits per heavy atom. The second-order valence-electron chi connectivity index (χ2n) is 5.25. The minimum atomic E-state index is -4.97. The molecule has 1 heterocycles. The van der Waals surface area contributed by atoms with Crippen LogP contribution in [0.3, 0.4) is 0 Å². The van der Waals surface area contributed by atoms with E-state index >= 15 is 0 Å². The van der Waals surface area contributed by atoms with Gasteiger partial charge in [0.15, 0.2) is 5.58 Å². The number of alkyl halides is 3. The highest BCUT2D eigenvalue weighted by Gasteiger charge is 2.38. The zero-order valence-corrected chi connectivity index (χ0v) is 13.7. The lowest BCUT2D eigenvalue weighted by atomic mass is 10.2. The first-order valence-electron chi connectivity index (χ1n) is 7.32. The van der Waals surface area contributed by atoms with Gasteiger partial charge in [0.1, 0.15) is 17.0 Å². The number of carbonyl (C=O) groups is 1. The van der Waals surface area contributed by atoms with E-state index in [9.17, 15) is 18.0 Å². The van der Waals surface area contributed by atoms with Crippen molar-refractivity contribution < 1.29 is 31.9 Å². The lowest BCUT2D eigenvalue weighted by Gasteiger charge is -2.07. The van der Waals surface area contributed by atoms with E-state index in [0.29, 0.717) is 28.2 Å². The molecule has 0 saturated heterocycles. The third kappa shape index (κ3) is 3.56. The van der Waals surface area contributed by atoms with Crippen molar-refractivity contribution in [3.63, 3.8) is 0 Å². The molecule has 1 aromatic heterocycles. The van der Waals surface area contributed by atoms with Crippen molar-refractivity contribution in [1.29, 1.82) is 0 Å². The molecule has 136 valence electrons. The number of carbonyl (C=O) groups excluding carboxylic acids is 1.